The molecule has 0 fully saturated rings. The van der Waals surface area contributed by atoms with E-state index in [1.54, 1.807) is 6.07 Å². The van der Waals surface area contributed by atoms with Crippen LogP contribution in [0.4, 0.5) is 5.69 Å². The molecule has 0 atom stereocenters. The van der Waals surface area contributed by atoms with Crippen LogP contribution in [0.25, 0.3) is 0 Å². The van der Waals surface area contributed by atoms with E-state index in [4.69, 9.17) is 40.1 Å². The van der Waals surface area contributed by atoms with Crippen LogP contribution in [0.15, 0.2) is 6.07 Å². The third-order valence-electron chi connectivity index (χ3n) is 1.44. The molecular formula is C7HCl3N2O2. The van der Waals surface area contributed by atoms with E-state index >= 15 is 0 Å². The fourth-order valence-corrected chi connectivity index (χ4v) is 1.57. The Hall–Kier alpha value is -1.02. The molecule has 4 nitrogen and oxygen atoms in total. The third kappa shape index (κ3) is 1.75. The second kappa shape index (κ2) is 4.01. The van der Waals surface area contributed by atoms with Crippen molar-refractivity contribution in [3.63, 3.8) is 0 Å². The summed E-state index contributed by atoms with van der Waals surface area (Å²) in [5.41, 5.74) is -0.849. The van der Waals surface area contributed by atoms with Gasteiger partial charge in [0.15, 0.2) is 0 Å². The Morgan fingerprint density at radius 1 is 1.36 bits per heavy atom. The molecule has 0 aliphatic carbocycles. The van der Waals surface area contributed by atoms with E-state index < -0.39 is 10.6 Å². The zero-order valence-electron chi connectivity index (χ0n) is 6.42. The largest absolute Gasteiger partial charge is 0.308 e. The number of hydrogen-bond donors (Lipinski definition) is 0. The van der Waals surface area contributed by atoms with Crippen molar-refractivity contribution in [2.24, 2.45) is 0 Å². The first-order valence-corrected chi connectivity index (χ1v) is 4.34. The lowest BCUT2D eigenvalue weighted by molar-refractivity contribution is -0.385. The Balaban J connectivity index is 3.67. The van der Waals surface area contributed by atoms with Crippen LogP contribution in [0.1, 0.15) is 5.56 Å². The Morgan fingerprint density at radius 2 is 1.93 bits per heavy atom. The summed E-state index contributed by atoms with van der Waals surface area (Å²) in [6, 6.07) is 2.79. The first-order chi connectivity index (χ1) is 6.49. The molecule has 0 heterocycles. The monoisotopic (exact) mass is 250 g/mol. The van der Waals surface area contributed by atoms with Crippen LogP contribution < -0.4 is 0 Å². The number of nitro benzene ring substituents is 1. The minimum atomic E-state index is -0.793. The summed E-state index contributed by atoms with van der Waals surface area (Å²) in [6.07, 6.45) is 0. The molecule has 0 aliphatic heterocycles. The lowest BCUT2D eigenvalue weighted by atomic mass is 10.2. The van der Waals surface area contributed by atoms with Gasteiger partial charge in [-0.05, 0) is 6.07 Å². The Bertz CT molecular complexity index is 453. The Morgan fingerprint density at radius 3 is 2.36 bits per heavy atom. The zero-order valence-corrected chi connectivity index (χ0v) is 8.69. The number of rotatable bonds is 1. The van der Waals surface area contributed by atoms with E-state index in [1.165, 1.54) is 6.07 Å². The van der Waals surface area contributed by atoms with Crippen LogP contribution in [0.5, 0.6) is 0 Å². The van der Waals surface area contributed by atoms with Crippen molar-refractivity contribution in [2.75, 3.05) is 0 Å². The molecule has 0 spiro atoms. The number of nitrogens with zero attached hydrogens (tertiary/aromatic N) is 2. The lowest BCUT2D eigenvalue weighted by Crippen LogP contribution is -1.94. The molecule has 0 saturated carbocycles. The topological polar surface area (TPSA) is 66.9 Å². The summed E-state index contributed by atoms with van der Waals surface area (Å²) in [7, 11) is 0. The van der Waals surface area contributed by atoms with Crippen molar-refractivity contribution >= 4 is 40.5 Å². The van der Waals surface area contributed by atoms with Crippen LogP contribution in [0.3, 0.4) is 0 Å². The molecule has 0 bridgehead atoms. The molecule has 0 N–H and O–H groups in total. The van der Waals surface area contributed by atoms with Crippen molar-refractivity contribution in [3.05, 3.63) is 36.8 Å². The fourth-order valence-electron chi connectivity index (χ4n) is 0.861. The number of hydrogen-bond acceptors (Lipinski definition) is 3. The van der Waals surface area contributed by atoms with Crippen LogP contribution >= 0.6 is 34.8 Å². The van der Waals surface area contributed by atoms with Crippen molar-refractivity contribution in [1.29, 1.82) is 5.26 Å². The maximum absolute atomic E-state index is 10.6. The van der Waals surface area contributed by atoms with Crippen LogP contribution in [-0.2, 0) is 0 Å². The van der Waals surface area contributed by atoms with Gasteiger partial charge in [-0.3, -0.25) is 10.1 Å². The first kappa shape index (κ1) is 11.1. The first-order valence-electron chi connectivity index (χ1n) is 3.21. The number of benzene rings is 1. The maximum Gasteiger partial charge on any atom is 0.308 e. The Labute approximate surface area is 93.8 Å². The highest BCUT2D eigenvalue weighted by Gasteiger charge is 2.24. The second-order valence-corrected chi connectivity index (χ2v) is 3.44. The van der Waals surface area contributed by atoms with Gasteiger partial charge in [0.1, 0.15) is 16.7 Å². The minimum absolute atomic E-state index is 0.0534. The van der Waals surface area contributed by atoms with Gasteiger partial charge >= 0.3 is 5.69 Å². The SMILES string of the molecule is N#Cc1c(Cl)cc(Cl)c(Cl)c1[N+](=O)[O-]. The fraction of sp³-hybridized carbons (Fsp3) is 0. The van der Waals surface area contributed by atoms with Crippen molar-refractivity contribution < 1.29 is 4.92 Å². The minimum Gasteiger partial charge on any atom is -0.258 e. The summed E-state index contributed by atoms with van der Waals surface area (Å²) >= 11 is 16.7. The number of nitro groups is 1. The second-order valence-electron chi connectivity index (χ2n) is 2.25. The molecule has 1 aromatic carbocycles. The Kier molecular flexibility index (Phi) is 3.17. The maximum atomic E-state index is 10.6. The molecule has 72 valence electrons. The van der Waals surface area contributed by atoms with Gasteiger partial charge < -0.3 is 0 Å². The molecule has 7 heteroatoms. The third-order valence-corrected chi connectivity index (χ3v) is 2.52. The molecule has 0 aromatic heterocycles. The van der Waals surface area contributed by atoms with Crippen LogP contribution in [0.2, 0.25) is 15.1 Å². The van der Waals surface area contributed by atoms with Gasteiger partial charge in [0, 0.05) is 0 Å². The molecule has 0 unspecified atom stereocenters. The van der Waals surface area contributed by atoms with E-state index in [1.807, 2.05) is 0 Å². The zero-order chi connectivity index (χ0) is 10.9. The predicted octanol–water partition coefficient (Wildman–Crippen LogP) is 3.43. The average Bonchev–Trinajstić information content (AvgIpc) is 2.10. The summed E-state index contributed by atoms with van der Waals surface area (Å²) in [5, 5.41) is 18.8. The molecule has 0 amide bonds. The summed E-state index contributed by atoms with van der Waals surface area (Å²) < 4.78 is 0. The van der Waals surface area contributed by atoms with E-state index in [9.17, 15) is 10.1 Å². The average molecular weight is 251 g/mol. The van der Waals surface area contributed by atoms with E-state index in [0.717, 1.165) is 0 Å². The molecule has 1 aromatic rings. The van der Waals surface area contributed by atoms with Gasteiger partial charge in [0.25, 0.3) is 0 Å². The van der Waals surface area contributed by atoms with Gasteiger partial charge in [-0.25, -0.2) is 0 Å². The summed E-state index contributed by atoms with van der Waals surface area (Å²) in [4.78, 5) is 9.77. The summed E-state index contributed by atoms with van der Waals surface area (Å²) in [6.45, 7) is 0. The molecule has 1 rings (SSSR count). The van der Waals surface area contributed by atoms with E-state index in [-0.39, 0.29) is 20.6 Å². The van der Waals surface area contributed by atoms with E-state index in [2.05, 4.69) is 0 Å². The van der Waals surface area contributed by atoms with Crippen molar-refractivity contribution in [2.45, 2.75) is 0 Å². The summed E-state index contributed by atoms with van der Waals surface area (Å²) in [5.74, 6) is 0. The van der Waals surface area contributed by atoms with Crippen molar-refractivity contribution in [1.82, 2.24) is 0 Å². The van der Waals surface area contributed by atoms with Gasteiger partial charge in [-0.15, -0.1) is 0 Å². The van der Waals surface area contributed by atoms with Gasteiger partial charge in [-0.1, -0.05) is 34.8 Å². The predicted molar refractivity (Wildman–Crippen MR) is 52.8 cm³/mol. The van der Waals surface area contributed by atoms with Crippen LogP contribution in [0, 0.1) is 21.4 Å². The molecular weight excluding hydrogens is 250 g/mol. The molecule has 0 radical (unpaired) electrons. The molecule has 0 saturated heterocycles. The van der Waals surface area contributed by atoms with Gasteiger partial charge in [-0.2, -0.15) is 5.26 Å². The highest BCUT2D eigenvalue weighted by atomic mass is 35.5. The standard InChI is InChI=1S/C7HCl3N2O2/c8-4-1-5(9)6(10)7(12(13)14)3(4)2-11/h1H. The molecule has 0 aliphatic rings. The number of nitriles is 1. The van der Waals surface area contributed by atoms with Crippen molar-refractivity contribution in [3.8, 4) is 6.07 Å². The smallest absolute Gasteiger partial charge is 0.258 e. The highest BCUT2D eigenvalue weighted by molar-refractivity contribution is 6.45. The quantitative estimate of drug-likeness (QED) is 0.436. The van der Waals surface area contributed by atoms with Gasteiger partial charge in [0.2, 0.25) is 0 Å². The van der Waals surface area contributed by atoms with Crippen LogP contribution in [-0.4, -0.2) is 4.92 Å². The highest BCUT2D eigenvalue weighted by Crippen LogP contribution is 2.38. The van der Waals surface area contributed by atoms with Gasteiger partial charge in [0.05, 0.1) is 15.0 Å². The van der Waals surface area contributed by atoms with E-state index in [0.29, 0.717) is 0 Å². The normalized spacial score (nSPS) is 9.57. The number of halogens is 3. The lowest BCUT2D eigenvalue weighted by Gasteiger charge is -2.01. The molecule has 14 heavy (non-hydrogen) atoms.